The van der Waals surface area contributed by atoms with Crippen molar-refractivity contribution in [2.75, 3.05) is 62.0 Å². The minimum atomic E-state index is -3.60. The summed E-state index contributed by atoms with van der Waals surface area (Å²) in [4.78, 5) is 36.3. The van der Waals surface area contributed by atoms with Gasteiger partial charge in [0.05, 0.1) is 31.1 Å². The van der Waals surface area contributed by atoms with E-state index in [-0.39, 0.29) is 40.5 Å². The number of ether oxygens (including phenoxy) is 1. The molecule has 5 rings (SSSR count). The first-order chi connectivity index (χ1) is 18.7. The van der Waals surface area contributed by atoms with Gasteiger partial charge in [0.25, 0.3) is 11.8 Å². The summed E-state index contributed by atoms with van der Waals surface area (Å²) in [6.45, 7) is 1.79. The molecule has 2 amide bonds. The fourth-order valence-corrected chi connectivity index (χ4v) is 5.20. The molecule has 11 nitrogen and oxygen atoms in total. The molecular weight excluding hydrogens is 517 g/mol. The number of carbonyl (C=O) groups is 2. The highest BCUT2D eigenvalue weighted by atomic mass is 19.3. The minimum Gasteiger partial charge on any atom is -0.495 e. The maximum Gasteiger partial charge on any atom is 0.342 e. The van der Waals surface area contributed by atoms with Crippen LogP contribution in [-0.2, 0) is 4.79 Å². The van der Waals surface area contributed by atoms with E-state index >= 15 is 4.39 Å². The number of carbonyl (C=O) groups excluding carboxylic acids is 2. The summed E-state index contributed by atoms with van der Waals surface area (Å²) in [6.07, 6.45) is 4.50. The highest BCUT2D eigenvalue weighted by Crippen LogP contribution is 2.40. The third kappa shape index (κ3) is 5.43. The lowest BCUT2D eigenvalue weighted by molar-refractivity contribution is -0.140. The third-order valence-corrected chi connectivity index (χ3v) is 7.29. The van der Waals surface area contributed by atoms with Gasteiger partial charge in [-0.05, 0) is 18.9 Å². The van der Waals surface area contributed by atoms with Gasteiger partial charge in [-0.25, -0.2) is 14.4 Å². The summed E-state index contributed by atoms with van der Waals surface area (Å²) >= 11 is 0. The van der Waals surface area contributed by atoms with Crippen LogP contribution < -0.4 is 30.6 Å². The van der Waals surface area contributed by atoms with E-state index in [0.29, 0.717) is 39.0 Å². The van der Waals surface area contributed by atoms with E-state index in [1.807, 2.05) is 0 Å². The van der Waals surface area contributed by atoms with E-state index in [4.69, 9.17) is 4.74 Å². The Morgan fingerprint density at radius 3 is 2.62 bits per heavy atom. The second kappa shape index (κ2) is 10.8. The second-order valence-electron chi connectivity index (χ2n) is 9.87. The Bertz CT molecular complexity index is 1250. The molecule has 1 aromatic carbocycles. The van der Waals surface area contributed by atoms with Crippen LogP contribution in [0, 0.1) is 5.82 Å². The Balaban J connectivity index is 1.44. The second-order valence-corrected chi connectivity index (χ2v) is 9.87. The monoisotopic (exact) mass is 548 g/mol. The number of hydrazine groups is 1. The number of hydrogen-bond donors (Lipinski definition) is 3. The number of nitrogens with zero attached hydrogens (tertiary/aromatic N) is 5. The summed E-state index contributed by atoms with van der Waals surface area (Å²) < 4.78 is 50.1. The van der Waals surface area contributed by atoms with Gasteiger partial charge < -0.3 is 25.2 Å². The number of fused-ring (bicyclic) bond motifs is 1. The summed E-state index contributed by atoms with van der Waals surface area (Å²) in [6, 6.07) is 2.17. The zero-order valence-electron chi connectivity index (χ0n) is 21.8. The number of aromatic nitrogens is 2. The molecule has 1 saturated carbocycles. The lowest BCUT2D eigenvalue weighted by Crippen LogP contribution is -2.52. The average Bonchev–Trinajstić information content (AvgIpc) is 3.44. The molecule has 0 unspecified atom stereocenters. The summed E-state index contributed by atoms with van der Waals surface area (Å²) in [7, 11) is 2.64. The fourth-order valence-electron chi connectivity index (χ4n) is 5.20. The van der Waals surface area contributed by atoms with E-state index in [1.165, 1.54) is 31.3 Å². The zero-order valence-corrected chi connectivity index (χ0v) is 21.8. The molecule has 3 N–H and O–H groups in total. The maximum atomic E-state index is 15.1. The number of alkyl halides is 2. The highest BCUT2D eigenvalue weighted by molar-refractivity contribution is 6.02. The third-order valence-electron chi connectivity index (χ3n) is 7.29. The lowest BCUT2D eigenvalue weighted by atomic mass is 10.1. The molecule has 0 spiro atoms. The van der Waals surface area contributed by atoms with Crippen molar-refractivity contribution in [3.63, 3.8) is 0 Å². The molecule has 2 aliphatic heterocycles. The smallest absolute Gasteiger partial charge is 0.342 e. The van der Waals surface area contributed by atoms with Crippen LogP contribution in [0.4, 0.5) is 36.3 Å². The van der Waals surface area contributed by atoms with E-state index in [0.717, 1.165) is 23.8 Å². The molecule has 1 saturated heterocycles. The van der Waals surface area contributed by atoms with Crippen LogP contribution in [0.2, 0.25) is 0 Å². The SMILES string of the molecule is COc1cc(C(=O)NN2CCNCC2)c(F)cc1Nc1ncc2c(n1)N(C1CCCC1)CC(F)(F)C(=O)N2C. The van der Waals surface area contributed by atoms with Crippen molar-refractivity contribution in [1.29, 1.82) is 0 Å². The van der Waals surface area contributed by atoms with Crippen molar-refractivity contribution >= 4 is 35.0 Å². The normalized spacial score (nSPS) is 20.0. The van der Waals surface area contributed by atoms with Gasteiger partial charge in [0.2, 0.25) is 5.95 Å². The minimum absolute atomic E-state index is 0.00136. The first-order valence-electron chi connectivity index (χ1n) is 12.9. The molecule has 39 heavy (non-hydrogen) atoms. The molecule has 210 valence electrons. The molecule has 0 atom stereocenters. The summed E-state index contributed by atoms with van der Waals surface area (Å²) in [5.41, 5.74) is 2.80. The molecule has 3 heterocycles. The van der Waals surface area contributed by atoms with E-state index in [9.17, 15) is 18.4 Å². The summed E-state index contributed by atoms with van der Waals surface area (Å²) in [5.74, 6) is -5.98. The van der Waals surface area contributed by atoms with Crippen molar-refractivity contribution in [1.82, 2.24) is 25.7 Å². The predicted molar refractivity (Wildman–Crippen MR) is 138 cm³/mol. The average molecular weight is 549 g/mol. The first-order valence-corrected chi connectivity index (χ1v) is 12.9. The molecule has 3 aliphatic rings. The highest BCUT2D eigenvalue weighted by Gasteiger charge is 2.48. The fraction of sp³-hybridized carbons (Fsp3) is 0.520. The summed E-state index contributed by atoms with van der Waals surface area (Å²) in [5, 5.41) is 7.77. The van der Waals surface area contributed by atoms with Crippen molar-refractivity contribution in [2.45, 2.75) is 37.6 Å². The molecule has 0 radical (unpaired) electrons. The number of benzene rings is 1. The van der Waals surface area contributed by atoms with Gasteiger partial charge in [-0.15, -0.1) is 0 Å². The Hall–Kier alpha value is -3.65. The van der Waals surface area contributed by atoms with Gasteiger partial charge >= 0.3 is 5.92 Å². The lowest BCUT2D eigenvalue weighted by Gasteiger charge is -2.31. The van der Waals surface area contributed by atoms with E-state index < -0.39 is 30.1 Å². The van der Waals surface area contributed by atoms with Crippen LogP contribution in [0.1, 0.15) is 36.0 Å². The number of amides is 2. The number of piperazine rings is 1. The Kier molecular flexibility index (Phi) is 7.49. The molecule has 0 bridgehead atoms. The number of nitrogens with one attached hydrogen (secondary N) is 3. The van der Waals surface area contributed by atoms with Gasteiger partial charge in [-0.2, -0.15) is 13.8 Å². The molecule has 14 heteroatoms. The molecular formula is C25H31F3N8O3. The van der Waals surface area contributed by atoms with Gasteiger partial charge in [-0.3, -0.25) is 15.0 Å². The molecule has 1 aromatic heterocycles. The largest absolute Gasteiger partial charge is 0.495 e. The number of halogens is 3. The number of anilines is 4. The van der Waals surface area contributed by atoms with Crippen LogP contribution in [0.15, 0.2) is 18.3 Å². The predicted octanol–water partition coefficient (Wildman–Crippen LogP) is 2.28. The van der Waals surface area contributed by atoms with Gasteiger partial charge in [0.1, 0.15) is 17.3 Å². The number of hydrogen-bond acceptors (Lipinski definition) is 9. The number of methoxy groups -OCH3 is 1. The van der Waals surface area contributed by atoms with Crippen LogP contribution >= 0.6 is 0 Å². The van der Waals surface area contributed by atoms with Crippen LogP contribution in [-0.4, -0.2) is 85.6 Å². The number of rotatable bonds is 6. The molecule has 1 aliphatic carbocycles. The maximum absolute atomic E-state index is 15.1. The Morgan fingerprint density at radius 2 is 1.92 bits per heavy atom. The van der Waals surface area contributed by atoms with Gasteiger partial charge in [0, 0.05) is 45.3 Å². The van der Waals surface area contributed by atoms with E-state index in [2.05, 4.69) is 26.0 Å². The van der Waals surface area contributed by atoms with Crippen LogP contribution in [0.25, 0.3) is 0 Å². The van der Waals surface area contributed by atoms with Crippen LogP contribution in [0.3, 0.4) is 0 Å². The van der Waals surface area contributed by atoms with Crippen molar-refractivity contribution in [3.8, 4) is 5.75 Å². The topological polar surface area (TPSA) is 115 Å². The van der Waals surface area contributed by atoms with Crippen molar-refractivity contribution in [3.05, 3.63) is 29.7 Å². The van der Waals surface area contributed by atoms with Crippen LogP contribution in [0.5, 0.6) is 5.75 Å². The Morgan fingerprint density at radius 1 is 1.21 bits per heavy atom. The van der Waals surface area contributed by atoms with Crippen molar-refractivity contribution in [2.24, 2.45) is 0 Å². The van der Waals surface area contributed by atoms with Gasteiger partial charge in [-0.1, -0.05) is 12.8 Å². The molecule has 2 aromatic rings. The quantitative estimate of drug-likeness (QED) is 0.500. The van der Waals surface area contributed by atoms with Gasteiger partial charge in [0.15, 0.2) is 5.82 Å². The first kappa shape index (κ1) is 26.9. The van der Waals surface area contributed by atoms with Crippen molar-refractivity contribution < 1.29 is 27.5 Å². The zero-order chi connectivity index (χ0) is 27.7. The van der Waals surface area contributed by atoms with E-state index in [1.54, 1.807) is 5.01 Å². The Labute approximate surface area is 223 Å². The standard InChI is InChI=1S/C25H31F3N8O3/c1-34-19-13-30-24(32-21(19)36(15-5-3-4-6-15)14-25(27,28)23(34)38)31-18-12-17(26)16(11-20(18)39-2)22(37)33-35-9-7-29-8-10-35/h11-13,15,29H,3-10,14H2,1-2H3,(H,33,37)(H,30,31,32). The molecule has 2 fully saturated rings.